The second-order valence-electron chi connectivity index (χ2n) is 7.08. The quantitative estimate of drug-likeness (QED) is 0.495. The molecule has 0 aliphatic heterocycles. The minimum absolute atomic E-state index is 0.366. The minimum atomic E-state index is -0.609. The van der Waals surface area contributed by atoms with Crippen molar-refractivity contribution >= 4 is 5.97 Å². The van der Waals surface area contributed by atoms with Crippen molar-refractivity contribution in [2.24, 2.45) is 0 Å². The van der Waals surface area contributed by atoms with Gasteiger partial charge in [0.15, 0.2) is 6.10 Å². The zero-order chi connectivity index (χ0) is 19.4. The molecule has 2 atom stereocenters. The minimum Gasteiger partial charge on any atom is -0.450 e. The predicted octanol–water partition coefficient (Wildman–Crippen LogP) is 3.69. The number of fused-ring (bicyclic) bond motifs is 6. The van der Waals surface area contributed by atoms with Gasteiger partial charge in [-0.2, -0.15) is 20.4 Å². The van der Waals surface area contributed by atoms with Gasteiger partial charge in [0.05, 0.1) is 18.1 Å². The second kappa shape index (κ2) is 6.04. The van der Waals surface area contributed by atoms with Crippen molar-refractivity contribution < 1.29 is 9.53 Å². The van der Waals surface area contributed by atoms with Crippen LogP contribution in [0, 0.1) is 0 Å². The van der Waals surface area contributed by atoms with Gasteiger partial charge in [-0.05, 0) is 28.8 Å². The first-order chi connectivity index (χ1) is 14.3. The Morgan fingerprint density at radius 2 is 1.28 bits per heavy atom. The standard InChI is InChI=1S/C23H14N4O2/c28-23(19-15-7-3-1-5-13(15)16-9-11-24-26-20(16)19)29-22-18-8-4-2-6-14(18)17-10-12-25-27-21(17)22/h1-12,19,22H. The molecular formula is C23H14N4O2. The number of esters is 1. The smallest absolute Gasteiger partial charge is 0.320 e. The molecule has 2 unspecified atom stereocenters. The molecule has 2 aromatic heterocycles. The van der Waals surface area contributed by atoms with Crippen molar-refractivity contribution in [2.75, 3.05) is 0 Å². The van der Waals surface area contributed by atoms with E-state index in [0.29, 0.717) is 11.4 Å². The topological polar surface area (TPSA) is 77.9 Å². The Morgan fingerprint density at radius 3 is 2.03 bits per heavy atom. The van der Waals surface area contributed by atoms with Gasteiger partial charge in [-0.3, -0.25) is 4.79 Å². The molecule has 2 aliphatic carbocycles. The normalized spacial score (nSPS) is 17.8. The molecule has 0 bridgehead atoms. The maximum absolute atomic E-state index is 13.4. The van der Waals surface area contributed by atoms with Gasteiger partial charge >= 0.3 is 5.97 Å². The number of nitrogens with zero attached hydrogens (tertiary/aromatic N) is 4. The van der Waals surface area contributed by atoms with Gasteiger partial charge in [0, 0.05) is 16.7 Å². The van der Waals surface area contributed by atoms with Crippen LogP contribution in [0.1, 0.15) is 34.5 Å². The van der Waals surface area contributed by atoms with Crippen LogP contribution in [0.3, 0.4) is 0 Å². The van der Waals surface area contributed by atoms with Crippen molar-refractivity contribution in [2.45, 2.75) is 12.0 Å². The van der Waals surface area contributed by atoms with E-state index in [1.807, 2.05) is 60.7 Å². The Morgan fingerprint density at radius 1 is 0.690 bits per heavy atom. The van der Waals surface area contributed by atoms with E-state index in [-0.39, 0.29) is 5.97 Å². The number of carbonyl (C=O) groups excluding carboxylic acids is 1. The average molecular weight is 378 g/mol. The SMILES string of the molecule is O=C(OC1c2ccccc2-c2ccnnc21)C1c2ccccc2-c2ccnnc21. The van der Waals surface area contributed by atoms with Gasteiger partial charge in [0.1, 0.15) is 11.6 Å². The lowest BCUT2D eigenvalue weighted by Gasteiger charge is -2.17. The van der Waals surface area contributed by atoms with Gasteiger partial charge in [-0.25, -0.2) is 0 Å². The molecule has 4 aromatic rings. The molecule has 0 spiro atoms. The molecule has 6 rings (SSSR count). The second-order valence-corrected chi connectivity index (χ2v) is 7.08. The first-order valence-electron chi connectivity index (χ1n) is 9.35. The summed E-state index contributed by atoms with van der Waals surface area (Å²) in [6.45, 7) is 0. The summed E-state index contributed by atoms with van der Waals surface area (Å²) in [5, 5.41) is 16.5. The number of carbonyl (C=O) groups is 1. The summed E-state index contributed by atoms with van der Waals surface area (Å²) in [4.78, 5) is 13.4. The van der Waals surface area contributed by atoms with Crippen LogP contribution in [0.4, 0.5) is 0 Å². The summed E-state index contributed by atoms with van der Waals surface area (Å²) in [6, 6.07) is 19.5. The van der Waals surface area contributed by atoms with Crippen LogP contribution in [0.25, 0.3) is 22.3 Å². The Kier molecular flexibility index (Phi) is 3.34. The fourth-order valence-corrected chi connectivity index (χ4v) is 4.35. The summed E-state index contributed by atoms with van der Waals surface area (Å²) < 4.78 is 6.05. The first-order valence-corrected chi connectivity index (χ1v) is 9.35. The van der Waals surface area contributed by atoms with Crippen molar-refractivity contribution in [1.82, 2.24) is 20.4 Å². The van der Waals surface area contributed by atoms with Crippen LogP contribution in [-0.4, -0.2) is 26.4 Å². The molecule has 0 fully saturated rings. The summed E-state index contributed by atoms with van der Waals surface area (Å²) in [5.74, 6) is -0.974. The fourth-order valence-electron chi connectivity index (χ4n) is 4.35. The van der Waals surface area contributed by atoms with Crippen LogP contribution >= 0.6 is 0 Å². The van der Waals surface area contributed by atoms with E-state index in [1.54, 1.807) is 12.4 Å². The summed E-state index contributed by atoms with van der Waals surface area (Å²) in [5.41, 5.74) is 6.97. The number of aromatic nitrogens is 4. The molecule has 0 N–H and O–H groups in total. The molecule has 29 heavy (non-hydrogen) atoms. The lowest BCUT2D eigenvalue weighted by molar-refractivity contribution is -0.148. The summed E-state index contributed by atoms with van der Waals surface area (Å²) in [7, 11) is 0. The molecule has 138 valence electrons. The summed E-state index contributed by atoms with van der Waals surface area (Å²) in [6.07, 6.45) is 2.71. The van der Waals surface area contributed by atoms with E-state index >= 15 is 0 Å². The Hall–Kier alpha value is -3.93. The molecule has 0 saturated carbocycles. The third-order valence-corrected chi connectivity index (χ3v) is 5.59. The molecule has 6 heteroatoms. The number of rotatable bonds is 2. The van der Waals surface area contributed by atoms with Crippen molar-refractivity contribution in [1.29, 1.82) is 0 Å². The van der Waals surface area contributed by atoms with E-state index in [9.17, 15) is 4.79 Å². The van der Waals surface area contributed by atoms with Crippen LogP contribution in [0.15, 0.2) is 73.1 Å². The lowest BCUT2D eigenvalue weighted by Crippen LogP contribution is -2.19. The van der Waals surface area contributed by atoms with Gasteiger partial charge in [-0.1, -0.05) is 48.5 Å². The van der Waals surface area contributed by atoms with Gasteiger partial charge in [-0.15, -0.1) is 0 Å². The van der Waals surface area contributed by atoms with Crippen LogP contribution in [0.2, 0.25) is 0 Å². The summed E-state index contributed by atoms with van der Waals surface area (Å²) >= 11 is 0. The number of benzene rings is 2. The van der Waals surface area contributed by atoms with E-state index in [1.165, 1.54) is 0 Å². The van der Waals surface area contributed by atoms with E-state index in [4.69, 9.17) is 4.74 Å². The van der Waals surface area contributed by atoms with E-state index in [2.05, 4.69) is 20.4 Å². The highest BCUT2D eigenvalue weighted by Crippen LogP contribution is 2.47. The van der Waals surface area contributed by atoms with Crippen LogP contribution in [-0.2, 0) is 9.53 Å². The fraction of sp³-hybridized carbons (Fsp3) is 0.0870. The zero-order valence-corrected chi connectivity index (χ0v) is 15.2. The maximum Gasteiger partial charge on any atom is 0.320 e. The molecule has 2 aromatic carbocycles. The molecule has 6 nitrogen and oxygen atoms in total. The van der Waals surface area contributed by atoms with E-state index in [0.717, 1.165) is 33.4 Å². The van der Waals surface area contributed by atoms with Gasteiger partial charge < -0.3 is 4.74 Å². The monoisotopic (exact) mass is 378 g/mol. The molecule has 2 aliphatic rings. The highest BCUT2D eigenvalue weighted by atomic mass is 16.5. The largest absolute Gasteiger partial charge is 0.450 e. The molecule has 0 radical (unpaired) electrons. The lowest BCUT2D eigenvalue weighted by atomic mass is 10.00. The molecular weight excluding hydrogens is 364 g/mol. The predicted molar refractivity (Wildman–Crippen MR) is 105 cm³/mol. The van der Waals surface area contributed by atoms with Gasteiger partial charge in [0.25, 0.3) is 0 Å². The number of ether oxygens (including phenoxy) is 1. The Balaban J connectivity index is 1.43. The highest BCUT2D eigenvalue weighted by molar-refractivity contribution is 5.93. The third-order valence-electron chi connectivity index (χ3n) is 5.59. The Labute approximate surface area is 166 Å². The zero-order valence-electron chi connectivity index (χ0n) is 15.2. The first kappa shape index (κ1) is 16.1. The van der Waals surface area contributed by atoms with Crippen LogP contribution in [0.5, 0.6) is 0 Å². The number of hydrogen-bond donors (Lipinski definition) is 0. The van der Waals surface area contributed by atoms with Crippen molar-refractivity contribution in [3.05, 3.63) is 95.6 Å². The third kappa shape index (κ3) is 2.26. The van der Waals surface area contributed by atoms with Gasteiger partial charge in [0.2, 0.25) is 0 Å². The Bertz CT molecular complexity index is 1200. The molecule has 0 amide bonds. The highest BCUT2D eigenvalue weighted by Gasteiger charge is 2.40. The maximum atomic E-state index is 13.4. The molecule has 2 heterocycles. The van der Waals surface area contributed by atoms with Crippen LogP contribution < -0.4 is 0 Å². The van der Waals surface area contributed by atoms with Crippen molar-refractivity contribution in [3.63, 3.8) is 0 Å². The number of hydrogen-bond acceptors (Lipinski definition) is 6. The molecule has 0 saturated heterocycles. The van der Waals surface area contributed by atoms with Crippen molar-refractivity contribution in [3.8, 4) is 22.3 Å². The average Bonchev–Trinajstić information content (AvgIpc) is 3.28. The van der Waals surface area contributed by atoms with E-state index < -0.39 is 12.0 Å².